The van der Waals surface area contributed by atoms with Crippen molar-refractivity contribution in [3.05, 3.63) is 69.0 Å². The van der Waals surface area contributed by atoms with Gasteiger partial charge in [-0.1, -0.05) is 35.3 Å². The first-order valence-corrected chi connectivity index (χ1v) is 12.9. The Kier molecular flexibility index (Phi) is 8.86. The van der Waals surface area contributed by atoms with E-state index in [-0.39, 0.29) is 24.5 Å². The fourth-order valence-electron chi connectivity index (χ4n) is 5.18. The normalized spacial score (nSPS) is 20.8. The zero-order valence-corrected chi connectivity index (χ0v) is 22.2. The molecule has 2 aromatic rings. The van der Waals surface area contributed by atoms with Gasteiger partial charge in [-0.05, 0) is 42.4 Å². The third-order valence-electron chi connectivity index (χ3n) is 7.24. The molecule has 0 aromatic heterocycles. The van der Waals surface area contributed by atoms with Gasteiger partial charge in [-0.2, -0.15) is 13.2 Å². The second kappa shape index (κ2) is 11.8. The van der Waals surface area contributed by atoms with Gasteiger partial charge in [0.15, 0.2) is 0 Å². The second-order valence-corrected chi connectivity index (χ2v) is 10.5. The summed E-state index contributed by atoms with van der Waals surface area (Å²) in [5.41, 5.74) is -0.0358. The number of likely N-dealkylation sites (N-methyl/N-ethyl adjacent to an activating group) is 1. The van der Waals surface area contributed by atoms with Crippen molar-refractivity contribution in [1.29, 1.82) is 0 Å². The molecule has 0 saturated carbocycles. The Morgan fingerprint density at radius 3 is 2.34 bits per heavy atom. The number of carbonyl (C=O) groups is 2. The Morgan fingerprint density at radius 1 is 1.03 bits per heavy atom. The van der Waals surface area contributed by atoms with Gasteiger partial charge in [-0.3, -0.25) is 9.80 Å². The number of halogens is 6. The van der Waals surface area contributed by atoms with Gasteiger partial charge >= 0.3 is 12.2 Å². The minimum atomic E-state index is -4.77. The topological polar surface area (TPSA) is 47.1 Å². The first-order valence-electron chi connectivity index (χ1n) is 12.2. The average Bonchev–Trinajstić information content (AvgIpc) is 3.31. The van der Waals surface area contributed by atoms with E-state index in [1.165, 1.54) is 6.07 Å². The van der Waals surface area contributed by atoms with E-state index < -0.39 is 17.6 Å². The molecule has 206 valence electrons. The Bertz CT molecular complexity index is 1170. The highest BCUT2D eigenvalue weighted by Gasteiger charge is 2.40. The van der Waals surface area contributed by atoms with Crippen LogP contribution in [0.5, 0.6) is 0 Å². The summed E-state index contributed by atoms with van der Waals surface area (Å²) in [6, 6.07) is 7.91. The van der Waals surface area contributed by atoms with Gasteiger partial charge in [0.2, 0.25) is 0 Å². The largest absolute Gasteiger partial charge is 0.419 e. The van der Waals surface area contributed by atoms with E-state index in [0.717, 1.165) is 24.0 Å². The van der Waals surface area contributed by atoms with Crippen molar-refractivity contribution in [2.75, 3.05) is 52.9 Å². The summed E-state index contributed by atoms with van der Waals surface area (Å²) in [6.45, 7) is 3.53. The van der Waals surface area contributed by atoms with Gasteiger partial charge in [0.1, 0.15) is 12.1 Å². The number of carbonyl (C=O) groups excluding carboxylic acids is 2. The zero-order chi connectivity index (χ0) is 27.6. The molecule has 0 radical (unpaired) electrons. The first kappa shape index (κ1) is 28.6. The molecule has 4 rings (SSSR count). The summed E-state index contributed by atoms with van der Waals surface area (Å²) in [7, 11) is 1.80. The highest BCUT2D eigenvalue weighted by Crippen LogP contribution is 2.36. The predicted octanol–water partition coefficient (Wildman–Crippen LogP) is 4.99. The molecular weight excluding hydrogens is 547 g/mol. The second-order valence-electron chi connectivity index (χ2n) is 9.72. The van der Waals surface area contributed by atoms with Crippen LogP contribution in [0, 0.1) is 5.82 Å². The van der Waals surface area contributed by atoms with E-state index in [2.05, 4.69) is 0 Å². The van der Waals surface area contributed by atoms with Crippen LogP contribution in [-0.4, -0.2) is 90.8 Å². The van der Waals surface area contributed by atoms with Gasteiger partial charge in [0.25, 0.3) is 0 Å². The van der Waals surface area contributed by atoms with Crippen LogP contribution in [0.2, 0.25) is 10.0 Å². The molecular formula is C26H28Cl2F4N4O2. The van der Waals surface area contributed by atoms with Gasteiger partial charge in [0, 0.05) is 57.8 Å². The molecule has 0 aliphatic carbocycles. The number of nitrogens with zero attached hydrogens (tertiary/aromatic N) is 4. The Balaban J connectivity index is 1.53. The minimum Gasteiger partial charge on any atom is -0.322 e. The van der Waals surface area contributed by atoms with Crippen LogP contribution in [0.4, 0.5) is 22.4 Å². The maximum Gasteiger partial charge on any atom is 0.419 e. The van der Waals surface area contributed by atoms with Crippen molar-refractivity contribution in [2.24, 2.45) is 0 Å². The van der Waals surface area contributed by atoms with Gasteiger partial charge in [0.05, 0.1) is 22.2 Å². The quantitative estimate of drug-likeness (QED) is 0.360. The van der Waals surface area contributed by atoms with E-state index >= 15 is 0 Å². The number of rotatable bonds is 6. The van der Waals surface area contributed by atoms with Crippen LogP contribution in [0.25, 0.3) is 0 Å². The molecule has 2 aliphatic rings. The lowest BCUT2D eigenvalue weighted by Crippen LogP contribution is -2.53. The molecule has 12 heteroatoms. The molecule has 2 aliphatic heterocycles. The fraction of sp³-hybridized carbons (Fsp3) is 0.462. The molecule has 2 aromatic carbocycles. The molecule has 2 heterocycles. The van der Waals surface area contributed by atoms with Crippen LogP contribution in [-0.2, 0) is 17.5 Å². The lowest BCUT2D eigenvalue weighted by molar-refractivity contribution is -0.140. The molecule has 0 spiro atoms. The Labute approximate surface area is 228 Å². The SMILES string of the molecule is CN(Cc1ccc(C(F)(F)F)c(F)c1)[C@@H]1CN(C(=O)N2CCN(CC=O)CC2)C[C@@H]1c1ccc(Cl)c(Cl)c1. The molecule has 0 N–H and O–H groups in total. The predicted molar refractivity (Wildman–Crippen MR) is 137 cm³/mol. The highest BCUT2D eigenvalue weighted by molar-refractivity contribution is 6.42. The number of likely N-dealkylation sites (tertiary alicyclic amines) is 1. The lowest BCUT2D eigenvalue weighted by Gasteiger charge is -2.36. The first-order chi connectivity index (χ1) is 18.0. The molecule has 2 amide bonds. The number of alkyl halides is 3. The van der Waals surface area contributed by atoms with E-state index in [9.17, 15) is 27.2 Å². The summed E-state index contributed by atoms with van der Waals surface area (Å²) in [5.74, 6) is -1.48. The van der Waals surface area contributed by atoms with E-state index in [1.807, 2.05) is 15.9 Å². The number of piperazine rings is 1. The fourth-order valence-corrected chi connectivity index (χ4v) is 5.49. The molecule has 38 heavy (non-hydrogen) atoms. The van der Waals surface area contributed by atoms with Crippen molar-refractivity contribution < 1.29 is 27.2 Å². The summed E-state index contributed by atoms with van der Waals surface area (Å²) in [6.07, 6.45) is -3.92. The van der Waals surface area contributed by atoms with Crippen molar-refractivity contribution in [3.63, 3.8) is 0 Å². The molecule has 2 atom stereocenters. The maximum atomic E-state index is 14.2. The number of benzene rings is 2. The Morgan fingerprint density at radius 2 is 1.74 bits per heavy atom. The van der Waals surface area contributed by atoms with Gasteiger partial charge in [-0.25, -0.2) is 9.18 Å². The van der Waals surface area contributed by atoms with E-state index in [0.29, 0.717) is 61.4 Å². The van der Waals surface area contributed by atoms with E-state index in [1.54, 1.807) is 29.0 Å². The number of amides is 2. The number of urea groups is 1. The molecule has 0 unspecified atom stereocenters. The zero-order valence-electron chi connectivity index (χ0n) is 20.7. The average molecular weight is 575 g/mol. The van der Waals surface area contributed by atoms with Crippen molar-refractivity contribution in [3.8, 4) is 0 Å². The lowest BCUT2D eigenvalue weighted by atomic mass is 9.93. The van der Waals surface area contributed by atoms with Gasteiger partial charge in [-0.15, -0.1) is 0 Å². The van der Waals surface area contributed by atoms with Crippen molar-refractivity contribution in [1.82, 2.24) is 19.6 Å². The summed E-state index contributed by atoms with van der Waals surface area (Å²) in [4.78, 5) is 31.6. The molecule has 0 bridgehead atoms. The van der Waals surface area contributed by atoms with Crippen LogP contribution in [0.3, 0.4) is 0 Å². The standard InChI is InChI=1S/C26H28Cl2F4N4O2/c1-33(14-17-2-4-20(23(29)12-17)26(30,31)32)24-16-36(15-19(24)18-3-5-21(27)22(28)13-18)25(38)35-8-6-34(7-9-35)10-11-37/h2-5,11-13,19,24H,6-10,14-16H2,1H3/t19-,24-/m1/s1. The van der Waals surface area contributed by atoms with Crippen molar-refractivity contribution >= 4 is 35.5 Å². The van der Waals surface area contributed by atoms with E-state index in [4.69, 9.17) is 23.2 Å². The minimum absolute atomic E-state index is 0.114. The summed E-state index contributed by atoms with van der Waals surface area (Å²) < 4.78 is 53.2. The summed E-state index contributed by atoms with van der Waals surface area (Å²) in [5, 5.41) is 0.783. The molecule has 2 saturated heterocycles. The van der Waals surface area contributed by atoms with Crippen LogP contribution >= 0.6 is 23.2 Å². The highest BCUT2D eigenvalue weighted by atomic mass is 35.5. The molecule has 2 fully saturated rings. The maximum absolute atomic E-state index is 14.2. The number of hydrogen-bond donors (Lipinski definition) is 0. The third kappa shape index (κ3) is 6.42. The Hall–Kier alpha value is -2.40. The summed E-state index contributed by atoms with van der Waals surface area (Å²) >= 11 is 12.4. The van der Waals surface area contributed by atoms with Gasteiger partial charge < -0.3 is 14.6 Å². The van der Waals surface area contributed by atoms with Crippen LogP contribution in [0.1, 0.15) is 22.6 Å². The van der Waals surface area contributed by atoms with Crippen molar-refractivity contribution in [2.45, 2.75) is 24.7 Å². The monoisotopic (exact) mass is 574 g/mol. The van der Waals surface area contributed by atoms with Crippen LogP contribution in [0.15, 0.2) is 36.4 Å². The van der Waals surface area contributed by atoms with Crippen LogP contribution < -0.4 is 0 Å². The number of hydrogen-bond acceptors (Lipinski definition) is 4. The third-order valence-corrected chi connectivity index (χ3v) is 7.98. The smallest absolute Gasteiger partial charge is 0.322 e. The molecule has 6 nitrogen and oxygen atoms in total. The number of aldehydes is 1.